The lowest BCUT2D eigenvalue weighted by Crippen LogP contribution is -2.00. The molecular weight excluding hydrogens is 262 g/mol. The molecular formula is C13H15N3O2S. The van der Waals surface area contributed by atoms with Crippen molar-refractivity contribution in [3.8, 4) is 0 Å². The smallest absolute Gasteiger partial charge is 0.273 e. The first kappa shape index (κ1) is 13.4. The summed E-state index contributed by atoms with van der Waals surface area (Å²) in [6, 6.07) is 8.71. The highest BCUT2D eigenvalue weighted by Crippen LogP contribution is 2.24. The van der Waals surface area contributed by atoms with Crippen LogP contribution < -0.4 is 11.1 Å². The standard InChI is InChI=1S/C13H15N3O2S/c1-2-12-3-4-13(19-12)8-15-10-5-9(14)6-11(7-10)16(17)18/h3-7,15H,2,8,14H2,1H3. The van der Waals surface area contributed by atoms with Gasteiger partial charge in [0.15, 0.2) is 0 Å². The zero-order chi connectivity index (χ0) is 13.8. The lowest BCUT2D eigenvalue weighted by molar-refractivity contribution is -0.384. The van der Waals surface area contributed by atoms with Gasteiger partial charge in [0.25, 0.3) is 5.69 Å². The molecule has 2 rings (SSSR count). The highest BCUT2D eigenvalue weighted by Gasteiger charge is 2.08. The molecule has 0 atom stereocenters. The van der Waals surface area contributed by atoms with E-state index in [1.807, 2.05) is 0 Å². The van der Waals surface area contributed by atoms with E-state index in [2.05, 4.69) is 24.4 Å². The van der Waals surface area contributed by atoms with Crippen LogP contribution in [0.3, 0.4) is 0 Å². The SMILES string of the molecule is CCc1ccc(CNc2cc(N)cc([N+](=O)[O-])c2)s1. The molecule has 0 saturated heterocycles. The van der Waals surface area contributed by atoms with Crippen LogP contribution in [-0.2, 0) is 13.0 Å². The molecule has 0 amide bonds. The highest BCUT2D eigenvalue weighted by atomic mass is 32.1. The second-order valence-electron chi connectivity index (χ2n) is 4.15. The van der Waals surface area contributed by atoms with Crippen molar-refractivity contribution in [2.45, 2.75) is 19.9 Å². The van der Waals surface area contributed by atoms with Gasteiger partial charge in [-0.2, -0.15) is 0 Å². The summed E-state index contributed by atoms with van der Waals surface area (Å²) in [5.74, 6) is 0. The third kappa shape index (κ3) is 3.45. The molecule has 1 heterocycles. The number of rotatable bonds is 5. The summed E-state index contributed by atoms with van der Waals surface area (Å²) in [5.41, 5.74) is 6.70. The van der Waals surface area contributed by atoms with Crippen LogP contribution in [0.15, 0.2) is 30.3 Å². The Morgan fingerprint density at radius 1 is 1.32 bits per heavy atom. The Bertz CT molecular complexity index is 595. The quantitative estimate of drug-likeness (QED) is 0.498. The molecule has 2 aromatic rings. The van der Waals surface area contributed by atoms with E-state index in [4.69, 9.17) is 5.73 Å². The number of aryl methyl sites for hydroxylation is 1. The van der Waals surface area contributed by atoms with Gasteiger partial charge in [0.05, 0.1) is 4.92 Å². The van der Waals surface area contributed by atoms with Crippen molar-refractivity contribution in [2.75, 3.05) is 11.1 Å². The second-order valence-corrected chi connectivity index (χ2v) is 5.40. The first-order valence-electron chi connectivity index (χ1n) is 5.95. The number of nitro groups is 1. The average Bonchev–Trinajstić information content (AvgIpc) is 2.83. The monoisotopic (exact) mass is 277 g/mol. The summed E-state index contributed by atoms with van der Waals surface area (Å²) in [4.78, 5) is 12.8. The summed E-state index contributed by atoms with van der Waals surface area (Å²) in [7, 11) is 0. The Hall–Kier alpha value is -2.08. The van der Waals surface area contributed by atoms with E-state index in [9.17, 15) is 10.1 Å². The average molecular weight is 277 g/mol. The minimum absolute atomic E-state index is 0.00271. The molecule has 5 nitrogen and oxygen atoms in total. The molecule has 0 aliphatic rings. The summed E-state index contributed by atoms with van der Waals surface area (Å²) < 4.78 is 0. The molecule has 6 heteroatoms. The van der Waals surface area contributed by atoms with E-state index in [0.717, 1.165) is 6.42 Å². The van der Waals surface area contributed by atoms with Crippen LogP contribution in [0.2, 0.25) is 0 Å². The number of nitrogens with zero attached hydrogens (tertiary/aromatic N) is 1. The Balaban J connectivity index is 2.08. The molecule has 0 saturated carbocycles. The molecule has 0 bridgehead atoms. The number of nitrogen functional groups attached to an aromatic ring is 1. The normalized spacial score (nSPS) is 10.4. The Morgan fingerprint density at radius 2 is 2.05 bits per heavy atom. The minimum Gasteiger partial charge on any atom is -0.398 e. The van der Waals surface area contributed by atoms with Crippen LogP contribution >= 0.6 is 11.3 Å². The molecule has 0 unspecified atom stereocenters. The summed E-state index contributed by atoms with van der Waals surface area (Å²) in [5, 5.41) is 13.9. The van der Waals surface area contributed by atoms with E-state index in [1.165, 1.54) is 21.9 Å². The lowest BCUT2D eigenvalue weighted by atomic mass is 10.2. The van der Waals surface area contributed by atoms with Crippen LogP contribution in [0, 0.1) is 10.1 Å². The Labute approximate surface area is 115 Å². The van der Waals surface area contributed by atoms with Crippen LogP contribution in [-0.4, -0.2) is 4.92 Å². The largest absolute Gasteiger partial charge is 0.398 e. The maximum atomic E-state index is 10.7. The molecule has 1 aromatic heterocycles. The second kappa shape index (κ2) is 5.71. The zero-order valence-electron chi connectivity index (χ0n) is 10.6. The summed E-state index contributed by atoms with van der Waals surface area (Å²) in [6.07, 6.45) is 1.02. The summed E-state index contributed by atoms with van der Waals surface area (Å²) >= 11 is 1.74. The van der Waals surface area contributed by atoms with Gasteiger partial charge in [0.2, 0.25) is 0 Å². The van der Waals surface area contributed by atoms with Gasteiger partial charge in [-0.25, -0.2) is 0 Å². The number of thiophene rings is 1. The van der Waals surface area contributed by atoms with Crippen molar-refractivity contribution < 1.29 is 4.92 Å². The van der Waals surface area contributed by atoms with E-state index in [1.54, 1.807) is 17.4 Å². The van der Waals surface area contributed by atoms with Crippen molar-refractivity contribution in [1.82, 2.24) is 0 Å². The number of hydrogen-bond donors (Lipinski definition) is 2. The molecule has 0 fully saturated rings. The molecule has 19 heavy (non-hydrogen) atoms. The van der Waals surface area contributed by atoms with Gasteiger partial charge in [-0.1, -0.05) is 6.92 Å². The maximum absolute atomic E-state index is 10.7. The van der Waals surface area contributed by atoms with E-state index < -0.39 is 4.92 Å². The van der Waals surface area contributed by atoms with Crippen LogP contribution in [0.1, 0.15) is 16.7 Å². The minimum atomic E-state index is -0.443. The van der Waals surface area contributed by atoms with Crippen LogP contribution in [0.5, 0.6) is 0 Å². The van der Waals surface area contributed by atoms with Crippen molar-refractivity contribution in [3.63, 3.8) is 0 Å². The van der Waals surface area contributed by atoms with Crippen molar-refractivity contribution in [3.05, 3.63) is 50.2 Å². The van der Waals surface area contributed by atoms with Gasteiger partial charge in [-0.15, -0.1) is 11.3 Å². The first-order valence-corrected chi connectivity index (χ1v) is 6.76. The third-order valence-corrected chi connectivity index (χ3v) is 3.91. The lowest BCUT2D eigenvalue weighted by Gasteiger charge is -2.06. The van der Waals surface area contributed by atoms with Crippen molar-refractivity contribution in [1.29, 1.82) is 0 Å². The number of anilines is 2. The van der Waals surface area contributed by atoms with E-state index >= 15 is 0 Å². The fourth-order valence-electron chi connectivity index (χ4n) is 1.74. The molecule has 1 aromatic carbocycles. The third-order valence-electron chi connectivity index (χ3n) is 2.68. The number of benzene rings is 1. The molecule has 3 N–H and O–H groups in total. The van der Waals surface area contributed by atoms with Gasteiger partial charge in [0, 0.05) is 39.8 Å². The molecule has 0 aliphatic heterocycles. The topological polar surface area (TPSA) is 81.2 Å². The molecule has 0 aliphatic carbocycles. The first-order chi connectivity index (χ1) is 9.08. The van der Waals surface area contributed by atoms with E-state index in [0.29, 0.717) is 17.9 Å². The highest BCUT2D eigenvalue weighted by molar-refractivity contribution is 7.12. The summed E-state index contributed by atoms with van der Waals surface area (Å²) in [6.45, 7) is 2.76. The van der Waals surface area contributed by atoms with Gasteiger partial charge in [-0.05, 0) is 24.6 Å². The predicted molar refractivity (Wildman–Crippen MR) is 78.5 cm³/mol. The van der Waals surface area contributed by atoms with Gasteiger partial charge in [-0.3, -0.25) is 10.1 Å². The predicted octanol–water partition coefficient (Wildman–Crippen LogP) is 3.41. The Kier molecular flexibility index (Phi) is 4.01. The number of hydrogen-bond acceptors (Lipinski definition) is 5. The van der Waals surface area contributed by atoms with Crippen molar-refractivity contribution in [2.24, 2.45) is 0 Å². The number of non-ortho nitro benzene ring substituents is 1. The van der Waals surface area contributed by atoms with Gasteiger partial charge >= 0.3 is 0 Å². The van der Waals surface area contributed by atoms with Crippen molar-refractivity contribution >= 4 is 28.4 Å². The molecule has 100 valence electrons. The number of nitrogens with one attached hydrogen (secondary N) is 1. The molecule has 0 radical (unpaired) electrons. The van der Waals surface area contributed by atoms with Gasteiger partial charge in [0.1, 0.15) is 0 Å². The van der Waals surface area contributed by atoms with Gasteiger partial charge < -0.3 is 11.1 Å². The van der Waals surface area contributed by atoms with E-state index in [-0.39, 0.29) is 5.69 Å². The Morgan fingerprint density at radius 3 is 2.68 bits per heavy atom. The zero-order valence-corrected chi connectivity index (χ0v) is 11.4. The number of nitrogens with two attached hydrogens (primary N) is 1. The maximum Gasteiger partial charge on any atom is 0.273 e. The fourth-order valence-corrected chi connectivity index (χ4v) is 2.64. The fraction of sp³-hybridized carbons (Fsp3) is 0.231. The number of nitro benzene ring substituents is 1. The van der Waals surface area contributed by atoms with Crippen LogP contribution in [0.4, 0.5) is 17.1 Å². The molecule has 0 spiro atoms. The van der Waals surface area contributed by atoms with Crippen LogP contribution in [0.25, 0.3) is 0 Å².